The highest BCUT2D eigenvalue weighted by molar-refractivity contribution is 7.13. The summed E-state index contributed by atoms with van der Waals surface area (Å²) in [6.45, 7) is 1.87. The predicted molar refractivity (Wildman–Crippen MR) is 88.7 cm³/mol. The summed E-state index contributed by atoms with van der Waals surface area (Å²) in [6, 6.07) is 5.57. The van der Waals surface area contributed by atoms with Crippen LogP contribution in [0.1, 0.15) is 12.5 Å². The van der Waals surface area contributed by atoms with E-state index >= 15 is 0 Å². The number of ether oxygens (including phenoxy) is 2. The van der Waals surface area contributed by atoms with Crippen molar-refractivity contribution < 1.29 is 14.3 Å². The molecule has 116 valence electrons. The van der Waals surface area contributed by atoms with Crippen LogP contribution in [0.25, 0.3) is 6.08 Å². The molecule has 22 heavy (non-hydrogen) atoms. The molecule has 0 aliphatic carbocycles. The number of hydrogen-bond donors (Lipinski definition) is 0. The summed E-state index contributed by atoms with van der Waals surface area (Å²) in [4.78, 5) is 17.7. The third kappa shape index (κ3) is 3.85. The molecule has 1 heterocycles. The molecular weight excluding hydrogens is 300 g/mol. The van der Waals surface area contributed by atoms with Crippen molar-refractivity contribution in [1.82, 2.24) is 4.98 Å². The number of carbonyl (C=O) groups is 1. The van der Waals surface area contributed by atoms with Crippen LogP contribution < -0.4 is 14.4 Å². The number of carbonyl (C=O) groups excluding carboxylic acids is 1. The van der Waals surface area contributed by atoms with Gasteiger partial charge in [-0.05, 0) is 24.6 Å². The van der Waals surface area contributed by atoms with Crippen LogP contribution >= 0.6 is 11.3 Å². The number of aromatic nitrogens is 1. The van der Waals surface area contributed by atoms with Gasteiger partial charge in [-0.3, -0.25) is 9.69 Å². The van der Waals surface area contributed by atoms with E-state index in [9.17, 15) is 4.79 Å². The average molecular weight is 318 g/mol. The Balaban J connectivity index is 2.03. The number of rotatable bonds is 6. The van der Waals surface area contributed by atoms with Crippen molar-refractivity contribution >= 4 is 28.5 Å². The Morgan fingerprint density at radius 2 is 2.23 bits per heavy atom. The Kier molecular flexibility index (Phi) is 5.55. The van der Waals surface area contributed by atoms with E-state index in [1.54, 1.807) is 26.4 Å². The molecule has 2 aromatic rings. The summed E-state index contributed by atoms with van der Waals surface area (Å²) in [6.07, 6.45) is 5.57. The van der Waals surface area contributed by atoms with Crippen molar-refractivity contribution in [3.05, 3.63) is 41.4 Å². The summed E-state index contributed by atoms with van der Waals surface area (Å²) in [5.74, 6) is 0.964. The van der Waals surface area contributed by atoms with E-state index in [4.69, 9.17) is 9.47 Å². The Morgan fingerprint density at radius 1 is 1.41 bits per heavy atom. The standard InChI is InChI=1S/C16H18N2O3S/c1-4-5-12-6-7-13(14(10-12)20-3)21-11-15(19)18(2)16-17-8-9-22-16/h4-10H,11H2,1-3H3/b5-4+. The van der Waals surface area contributed by atoms with Crippen LogP contribution in [0.15, 0.2) is 35.9 Å². The van der Waals surface area contributed by atoms with Gasteiger partial charge in [0.15, 0.2) is 23.2 Å². The fourth-order valence-electron chi connectivity index (χ4n) is 1.82. The molecule has 0 bridgehead atoms. The van der Waals surface area contributed by atoms with Gasteiger partial charge in [0.2, 0.25) is 0 Å². The van der Waals surface area contributed by atoms with Crippen LogP contribution in [0.3, 0.4) is 0 Å². The fourth-order valence-corrected chi connectivity index (χ4v) is 2.45. The summed E-state index contributed by atoms with van der Waals surface area (Å²) < 4.78 is 10.9. The SMILES string of the molecule is C/C=C/c1ccc(OCC(=O)N(C)c2nccs2)c(OC)c1. The van der Waals surface area contributed by atoms with E-state index in [2.05, 4.69) is 4.98 Å². The highest BCUT2D eigenvalue weighted by Gasteiger charge is 2.15. The Bertz CT molecular complexity index is 653. The summed E-state index contributed by atoms with van der Waals surface area (Å²) in [5, 5.41) is 2.46. The number of benzene rings is 1. The maximum atomic E-state index is 12.1. The lowest BCUT2D eigenvalue weighted by Gasteiger charge is -2.15. The van der Waals surface area contributed by atoms with Crippen LogP contribution in [-0.4, -0.2) is 31.7 Å². The second kappa shape index (κ2) is 7.61. The molecule has 0 aliphatic heterocycles. The van der Waals surface area contributed by atoms with Crippen molar-refractivity contribution in [2.45, 2.75) is 6.92 Å². The molecule has 0 unspecified atom stereocenters. The molecule has 0 fully saturated rings. The fraction of sp³-hybridized carbons (Fsp3) is 0.250. The van der Waals surface area contributed by atoms with E-state index in [1.807, 2.05) is 36.6 Å². The molecule has 6 heteroatoms. The number of anilines is 1. The quantitative estimate of drug-likeness (QED) is 0.820. The number of allylic oxidation sites excluding steroid dienone is 1. The highest BCUT2D eigenvalue weighted by atomic mass is 32.1. The molecule has 1 amide bonds. The van der Waals surface area contributed by atoms with E-state index < -0.39 is 0 Å². The molecule has 0 aliphatic rings. The number of amides is 1. The summed E-state index contributed by atoms with van der Waals surface area (Å²) in [7, 11) is 3.25. The predicted octanol–water partition coefficient (Wildman–Crippen LogP) is 3.23. The van der Waals surface area contributed by atoms with Gasteiger partial charge in [-0.25, -0.2) is 4.98 Å². The van der Waals surface area contributed by atoms with Crippen molar-refractivity contribution in [3.8, 4) is 11.5 Å². The summed E-state index contributed by atoms with van der Waals surface area (Å²) in [5.41, 5.74) is 1.01. The monoisotopic (exact) mass is 318 g/mol. The van der Waals surface area contributed by atoms with Crippen molar-refractivity contribution in [2.24, 2.45) is 0 Å². The van der Waals surface area contributed by atoms with Gasteiger partial charge in [0.25, 0.3) is 5.91 Å². The van der Waals surface area contributed by atoms with Crippen molar-refractivity contribution in [3.63, 3.8) is 0 Å². The van der Waals surface area contributed by atoms with Crippen LogP contribution in [0.2, 0.25) is 0 Å². The number of hydrogen-bond acceptors (Lipinski definition) is 5. The lowest BCUT2D eigenvalue weighted by molar-refractivity contribution is -0.120. The molecule has 1 aromatic carbocycles. The van der Waals surface area contributed by atoms with Gasteiger partial charge in [0.05, 0.1) is 7.11 Å². The van der Waals surface area contributed by atoms with Crippen LogP contribution in [-0.2, 0) is 4.79 Å². The first kappa shape index (κ1) is 16.0. The Morgan fingerprint density at radius 3 is 2.86 bits per heavy atom. The number of methoxy groups -OCH3 is 1. The van der Waals surface area contributed by atoms with Gasteiger partial charge in [0.1, 0.15) is 0 Å². The van der Waals surface area contributed by atoms with E-state index in [0.717, 1.165) is 5.56 Å². The average Bonchev–Trinajstić information content (AvgIpc) is 3.07. The topological polar surface area (TPSA) is 51.7 Å². The number of likely N-dealkylation sites (N-methyl/N-ethyl adjacent to an activating group) is 1. The smallest absolute Gasteiger partial charge is 0.266 e. The second-order valence-corrected chi connectivity index (χ2v) is 5.34. The van der Waals surface area contributed by atoms with E-state index in [-0.39, 0.29) is 12.5 Å². The third-order valence-corrected chi connectivity index (χ3v) is 3.83. The van der Waals surface area contributed by atoms with Gasteiger partial charge < -0.3 is 9.47 Å². The van der Waals surface area contributed by atoms with Gasteiger partial charge in [-0.1, -0.05) is 18.2 Å². The molecule has 1 aromatic heterocycles. The maximum Gasteiger partial charge on any atom is 0.266 e. The van der Waals surface area contributed by atoms with Gasteiger partial charge in [-0.15, -0.1) is 11.3 Å². The van der Waals surface area contributed by atoms with Crippen LogP contribution in [0.4, 0.5) is 5.13 Å². The molecule has 0 radical (unpaired) electrons. The Labute approximate surface area is 133 Å². The van der Waals surface area contributed by atoms with Crippen molar-refractivity contribution in [2.75, 3.05) is 25.7 Å². The molecular formula is C16H18N2O3S. The first-order valence-electron chi connectivity index (χ1n) is 6.75. The zero-order valence-corrected chi connectivity index (χ0v) is 13.6. The normalized spacial score (nSPS) is 10.7. The first-order chi connectivity index (χ1) is 10.7. The minimum atomic E-state index is -0.172. The Hall–Kier alpha value is -2.34. The molecule has 0 N–H and O–H groups in total. The minimum Gasteiger partial charge on any atom is -0.493 e. The number of thiazole rings is 1. The molecule has 0 spiro atoms. The van der Waals surface area contributed by atoms with Crippen LogP contribution in [0, 0.1) is 0 Å². The number of nitrogens with zero attached hydrogens (tertiary/aromatic N) is 2. The molecule has 5 nitrogen and oxygen atoms in total. The van der Waals surface area contributed by atoms with E-state index in [1.165, 1.54) is 16.2 Å². The first-order valence-corrected chi connectivity index (χ1v) is 7.63. The largest absolute Gasteiger partial charge is 0.493 e. The molecule has 0 atom stereocenters. The lowest BCUT2D eigenvalue weighted by atomic mass is 10.2. The zero-order chi connectivity index (χ0) is 15.9. The molecule has 2 rings (SSSR count). The lowest BCUT2D eigenvalue weighted by Crippen LogP contribution is -2.31. The maximum absolute atomic E-state index is 12.1. The second-order valence-electron chi connectivity index (χ2n) is 4.47. The van der Waals surface area contributed by atoms with Crippen LogP contribution in [0.5, 0.6) is 11.5 Å². The highest BCUT2D eigenvalue weighted by Crippen LogP contribution is 2.28. The van der Waals surface area contributed by atoms with Gasteiger partial charge in [0, 0.05) is 18.6 Å². The molecule has 0 saturated heterocycles. The van der Waals surface area contributed by atoms with Gasteiger partial charge in [-0.2, -0.15) is 0 Å². The minimum absolute atomic E-state index is 0.0740. The third-order valence-electron chi connectivity index (χ3n) is 2.98. The van der Waals surface area contributed by atoms with Gasteiger partial charge >= 0.3 is 0 Å². The zero-order valence-electron chi connectivity index (χ0n) is 12.8. The summed E-state index contributed by atoms with van der Waals surface area (Å²) >= 11 is 1.40. The molecule has 0 saturated carbocycles. The van der Waals surface area contributed by atoms with Crippen molar-refractivity contribution in [1.29, 1.82) is 0 Å². The van der Waals surface area contributed by atoms with E-state index in [0.29, 0.717) is 16.6 Å².